The maximum absolute atomic E-state index is 15.4. The van der Waals surface area contributed by atoms with Gasteiger partial charge in [-0.05, 0) is 74.7 Å². The molecule has 0 aromatic heterocycles. The second-order valence-electron chi connectivity index (χ2n) is 16.3. The summed E-state index contributed by atoms with van der Waals surface area (Å²) in [6.07, 6.45) is 3.86. The Morgan fingerprint density at radius 1 is 1.13 bits per heavy atom. The van der Waals surface area contributed by atoms with Gasteiger partial charge in [0.15, 0.2) is 12.4 Å². The van der Waals surface area contributed by atoms with Crippen LogP contribution in [0.15, 0.2) is 42.0 Å². The van der Waals surface area contributed by atoms with E-state index in [1.54, 1.807) is 0 Å². The van der Waals surface area contributed by atoms with E-state index in [1.165, 1.54) is 0 Å². The minimum Gasteiger partial charge on any atom is -0.454 e. The van der Waals surface area contributed by atoms with E-state index in [4.69, 9.17) is 28.4 Å². The van der Waals surface area contributed by atoms with Gasteiger partial charge in [-0.15, -0.1) is 0 Å². The van der Waals surface area contributed by atoms with E-state index in [-0.39, 0.29) is 36.2 Å². The lowest BCUT2D eigenvalue weighted by Crippen LogP contribution is -2.66. The summed E-state index contributed by atoms with van der Waals surface area (Å²) in [5, 5.41) is 11.6. The van der Waals surface area contributed by atoms with Crippen LogP contribution in [0.25, 0.3) is 0 Å². The molecule has 4 aliphatic carbocycles. The summed E-state index contributed by atoms with van der Waals surface area (Å²) in [5.41, 5.74) is -2.04. The molecule has 47 heavy (non-hydrogen) atoms. The molecule has 1 aromatic carbocycles. The van der Waals surface area contributed by atoms with Gasteiger partial charge in [-0.1, -0.05) is 76.1 Å². The normalized spacial score (nSPS) is 47.1. The Bertz CT molecular complexity index is 1460. The van der Waals surface area contributed by atoms with Gasteiger partial charge >= 0.3 is 11.9 Å². The molecule has 0 amide bonds. The first-order chi connectivity index (χ1) is 22.4. The highest BCUT2D eigenvalue weighted by molar-refractivity contribution is 5.92. The van der Waals surface area contributed by atoms with Crippen molar-refractivity contribution in [2.75, 3.05) is 13.2 Å². The van der Waals surface area contributed by atoms with Crippen LogP contribution in [0.2, 0.25) is 0 Å². The molecule has 0 radical (unpaired) electrons. The van der Waals surface area contributed by atoms with Crippen molar-refractivity contribution < 1.29 is 43.1 Å². The van der Waals surface area contributed by atoms with Gasteiger partial charge < -0.3 is 33.6 Å². The summed E-state index contributed by atoms with van der Waals surface area (Å²) in [7, 11) is 0. The number of fused-ring (bicyclic) bond motifs is 2. The van der Waals surface area contributed by atoms with E-state index in [2.05, 4.69) is 26.8 Å². The molecular formula is C38H50O9. The zero-order valence-electron chi connectivity index (χ0n) is 28.5. The van der Waals surface area contributed by atoms with Gasteiger partial charge in [0.25, 0.3) is 0 Å². The Balaban J connectivity index is 1.21. The molecular weight excluding hydrogens is 600 g/mol. The Morgan fingerprint density at radius 2 is 1.89 bits per heavy atom. The van der Waals surface area contributed by atoms with Crippen molar-refractivity contribution in [2.24, 2.45) is 45.8 Å². The third-order valence-electron chi connectivity index (χ3n) is 13.4. The number of aliphatic hydroxyl groups excluding tert-OH is 1. The number of rotatable bonds is 11. The molecule has 13 unspecified atom stereocenters. The Morgan fingerprint density at radius 3 is 2.60 bits per heavy atom. The van der Waals surface area contributed by atoms with E-state index in [0.717, 1.165) is 36.7 Å². The molecule has 8 aliphatic rings. The van der Waals surface area contributed by atoms with Gasteiger partial charge in [0, 0.05) is 12.0 Å². The average Bonchev–Trinajstić information content (AvgIpc) is 3.78. The summed E-state index contributed by atoms with van der Waals surface area (Å²) >= 11 is 0. The molecule has 1 N–H and O–H groups in total. The standard InChI is InChI=1S/C38H50O9/c1-7-15-42-28-29-31(40)38(45-30(28)32(44-29)46-38)43-20-36-18-25-22(4)13-14-26(25)35(19-39)17-24(36)16-27(21(2)3)37(35,36)33(41)47-34(5,6)23-11-9-8-10-12-23/h8-12,16,19,21-22,24-26,28-32,40H,7,13-15,17-18,20H2,1-6H3. The molecule has 1 aromatic rings. The molecule has 3 saturated carbocycles. The average molecular weight is 651 g/mol. The number of esters is 1. The summed E-state index contributed by atoms with van der Waals surface area (Å²) in [6.45, 7) is 13.0. The number of carbonyl (C=O) groups is 2. The van der Waals surface area contributed by atoms with E-state index in [9.17, 15) is 9.90 Å². The first-order valence-electron chi connectivity index (χ1n) is 17.8. The summed E-state index contributed by atoms with van der Waals surface area (Å²) < 4.78 is 38.0. The van der Waals surface area contributed by atoms with Crippen LogP contribution in [0.5, 0.6) is 0 Å². The van der Waals surface area contributed by atoms with Crippen molar-refractivity contribution in [1.82, 2.24) is 0 Å². The van der Waals surface area contributed by atoms with E-state index >= 15 is 4.79 Å². The quantitative estimate of drug-likeness (QED) is 0.194. The first-order valence-corrected chi connectivity index (χ1v) is 17.8. The summed E-state index contributed by atoms with van der Waals surface area (Å²) in [4.78, 5) is 29.3. The van der Waals surface area contributed by atoms with Crippen molar-refractivity contribution in [2.45, 2.75) is 116 Å². The molecule has 4 heterocycles. The number of allylic oxidation sites excluding steroid dienone is 1. The minimum absolute atomic E-state index is 0.000996. The fourth-order valence-electron chi connectivity index (χ4n) is 11.5. The van der Waals surface area contributed by atoms with Gasteiger partial charge in [-0.3, -0.25) is 9.53 Å². The number of ether oxygens (including phenoxy) is 6. The topological polar surface area (TPSA) is 110 Å². The number of benzene rings is 1. The number of hydrogen-bond donors (Lipinski definition) is 1. The fourth-order valence-corrected chi connectivity index (χ4v) is 11.5. The molecule has 9 rings (SSSR count). The van der Waals surface area contributed by atoms with Gasteiger partial charge in [0.1, 0.15) is 35.6 Å². The van der Waals surface area contributed by atoms with Crippen molar-refractivity contribution in [3.63, 3.8) is 0 Å². The Hall–Kier alpha value is -2.14. The number of aliphatic hydroxyl groups is 1. The Labute approximate surface area is 277 Å². The van der Waals surface area contributed by atoms with Crippen LogP contribution in [-0.2, 0) is 43.6 Å². The molecule has 9 nitrogen and oxygen atoms in total. The minimum atomic E-state index is -1.74. The maximum Gasteiger partial charge on any atom is 0.318 e. The second-order valence-corrected chi connectivity index (χ2v) is 16.3. The molecule has 256 valence electrons. The molecule has 9 heteroatoms. The summed E-state index contributed by atoms with van der Waals surface area (Å²) in [6, 6.07) is 9.78. The zero-order valence-corrected chi connectivity index (χ0v) is 28.5. The van der Waals surface area contributed by atoms with E-state index in [1.807, 2.05) is 51.1 Å². The van der Waals surface area contributed by atoms with Gasteiger partial charge in [0.05, 0.1) is 12.0 Å². The molecule has 7 fully saturated rings. The Kier molecular flexibility index (Phi) is 7.29. The maximum atomic E-state index is 15.4. The first kappa shape index (κ1) is 32.1. The highest BCUT2D eigenvalue weighted by atomic mass is 17.0. The molecule has 8 bridgehead atoms. The third-order valence-corrected chi connectivity index (χ3v) is 13.4. The third kappa shape index (κ3) is 3.93. The van der Waals surface area contributed by atoms with Crippen molar-refractivity contribution in [1.29, 1.82) is 0 Å². The lowest BCUT2D eigenvalue weighted by Gasteiger charge is -2.59. The lowest BCUT2D eigenvalue weighted by molar-refractivity contribution is -0.448. The molecule has 4 aliphatic heterocycles. The van der Waals surface area contributed by atoms with E-state index < -0.39 is 58.5 Å². The van der Waals surface area contributed by atoms with Crippen LogP contribution >= 0.6 is 0 Å². The number of aldehydes is 1. The fraction of sp³-hybridized carbons (Fsp3) is 0.737. The number of carbonyl (C=O) groups excluding carboxylic acids is 2. The van der Waals surface area contributed by atoms with Crippen LogP contribution in [-0.4, -0.2) is 67.3 Å². The lowest BCUT2D eigenvalue weighted by atomic mass is 9.43. The summed E-state index contributed by atoms with van der Waals surface area (Å²) in [5.74, 6) is -1.44. The van der Waals surface area contributed by atoms with Crippen LogP contribution < -0.4 is 0 Å². The monoisotopic (exact) mass is 650 g/mol. The SMILES string of the molecule is CCCOC1C2OC3(OCC45CC6C(C)CCC6C6(C=O)CC4C=C(C(C)C)C65C(=O)OC(C)(C)c4ccccc4)OC2OC1C3O. The van der Waals surface area contributed by atoms with Gasteiger partial charge in [-0.2, -0.15) is 0 Å². The molecule has 13 atom stereocenters. The smallest absolute Gasteiger partial charge is 0.318 e. The molecule has 4 saturated heterocycles. The van der Waals surface area contributed by atoms with Crippen molar-refractivity contribution >= 4 is 12.3 Å². The van der Waals surface area contributed by atoms with Crippen molar-refractivity contribution in [3.05, 3.63) is 47.5 Å². The van der Waals surface area contributed by atoms with Crippen LogP contribution in [0.4, 0.5) is 0 Å². The second kappa shape index (κ2) is 10.7. The van der Waals surface area contributed by atoms with Crippen LogP contribution in [0, 0.1) is 45.8 Å². The largest absolute Gasteiger partial charge is 0.454 e. The van der Waals surface area contributed by atoms with Crippen molar-refractivity contribution in [3.8, 4) is 0 Å². The highest BCUT2D eigenvalue weighted by Gasteiger charge is 2.85. The predicted octanol–water partition coefficient (Wildman–Crippen LogP) is 5.29. The van der Waals surface area contributed by atoms with Crippen LogP contribution in [0.1, 0.15) is 79.2 Å². The van der Waals surface area contributed by atoms with Crippen LogP contribution in [0.3, 0.4) is 0 Å². The number of hydrogen-bond acceptors (Lipinski definition) is 9. The highest BCUT2D eigenvalue weighted by Crippen LogP contribution is 2.83. The molecule has 0 spiro atoms. The van der Waals surface area contributed by atoms with Gasteiger partial charge in [-0.25, -0.2) is 0 Å². The van der Waals surface area contributed by atoms with Gasteiger partial charge in [0.2, 0.25) is 0 Å². The van der Waals surface area contributed by atoms with E-state index in [0.29, 0.717) is 25.4 Å². The predicted molar refractivity (Wildman–Crippen MR) is 169 cm³/mol. The zero-order chi connectivity index (χ0) is 33.1.